The molecule has 0 N–H and O–H groups in total. The highest BCUT2D eigenvalue weighted by Gasteiger charge is 2.18. The topological polar surface area (TPSA) is 16.1 Å². The van der Waals surface area contributed by atoms with E-state index in [0.717, 1.165) is 22.9 Å². The van der Waals surface area contributed by atoms with E-state index in [1.54, 1.807) is 0 Å². The Bertz CT molecular complexity index is 1940. The van der Waals surface area contributed by atoms with Crippen molar-refractivity contribution in [2.75, 3.05) is 4.90 Å². The van der Waals surface area contributed by atoms with E-state index in [9.17, 15) is 0 Å². The number of rotatable bonds is 6. The fourth-order valence-electron chi connectivity index (χ4n) is 6.01. The van der Waals surface area contributed by atoms with Gasteiger partial charge in [0.05, 0.1) is 0 Å². The molecule has 0 aliphatic carbocycles. The van der Waals surface area contributed by atoms with Crippen molar-refractivity contribution in [2.24, 2.45) is 0 Å². The van der Waals surface area contributed by atoms with E-state index in [2.05, 4.69) is 170 Å². The normalized spacial score (nSPS) is 11.3. The van der Waals surface area contributed by atoms with E-state index in [1.165, 1.54) is 43.8 Å². The zero-order chi connectivity index (χ0) is 28.5. The molecule has 0 saturated carbocycles. The Labute approximate surface area is 247 Å². The van der Waals surface area contributed by atoms with Crippen LogP contribution < -0.4 is 4.90 Å². The molecule has 2 heteroatoms. The molecule has 0 unspecified atom stereocenters. The van der Waals surface area contributed by atoms with Crippen LogP contribution >= 0.6 is 0 Å². The van der Waals surface area contributed by atoms with Gasteiger partial charge in [-0.3, -0.25) is 4.90 Å². The second kappa shape index (κ2) is 11.0. The molecule has 0 amide bonds. The molecule has 7 rings (SSSR count). The molecule has 6 aromatic carbocycles. The lowest BCUT2D eigenvalue weighted by Crippen LogP contribution is -2.12. The van der Waals surface area contributed by atoms with Crippen molar-refractivity contribution in [1.82, 2.24) is 4.98 Å². The van der Waals surface area contributed by atoms with Gasteiger partial charge < -0.3 is 0 Å². The summed E-state index contributed by atoms with van der Waals surface area (Å²) in [4.78, 5) is 7.29. The van der Waals surface area contributed by atoms with Crippen LogP contribution in [0.4, 0.5) is 17.2 Å². The number of aromatic nitrogens is 1. The maximum atomic E-state index is 5.05. The molecule has 7 aromatic rings. The van der Waals surface area contributed by atoms with Crippen LogP contribution in [0.25, 0.3) is 43.8 Å². The highest BCUT2D eigenvalue weighted by molar-refractivity contribution is 6.21. The number of pyridine rings is 1. The highest BCUT2D eigenvalue weighted by Crippen LogP contribution is 2.44. The molecule has 0 aliphatic heterocycles. The molecule has 0 bridgehead atoms. The Kier molecular flexibility index (Phi) is 6.73. The predicted octanol–water partition coefficient (Wildman–Crippen LogP) is 11.3. The van der Waals surface area contributed by atoms with Crippen LogP contribution in [0.1, 0.15) is 25.5 Å². The Hall–Kier alpha value is -5.21. The monoisotopic (exact) mass is 540 g/mol. The standard InChI is InChI=1S/C40H32N2/c1-28(2)37-22-13-23-38(41-37)42(31-16-7-4-8-17-31)32-26-24-30(25-27-32)40-35-20-11-9-18-33(35)39(29-14-5-3-6-15-29)34-19-10-12-21-36(34)40/h3-28H,1-2H3. The van der Waals surface area contributed by atoms with E-state index in [4.69, 9.17) is 4.98 Å². The van der Waals surface area contributed by atoms with Crippen LogP contribution in [-0.4, -0.2) is 4.98 Å². The maximum absolute atomic E-state index is 5.05. The van der Waals surface area contributed by atoms with Crippen molar-refractivity contribution >= 4 is 38.7 Å². The van der Waals surface area contributed by atoms with Crippen LogP contribution in [0.3, 0.4) is 0 Å². The van der Waals surface area contributed by atoms with Crippen LogP contribution in [-0.2, 0) is 0 Å². The van der Waals surface area contributed by atoms with Crippen molar-refractivity contribution in [1.29, 1.82) is 0 Å². The van der Waals surface area contributed by atoms with E-state index in [0.29, 0.717) is 5.92 Å². The fraction of sp³-hybridized carbons (Fsp3) is 0.0750. The molecule has 1 heterocycles. The number of nitrogens with zero attached hydrogens (tertiary/aromatic N) is 2. The van der Waals surface area contributed by atoms with E-state index >= 15 is 0 Å². The van der Waals surface area contributed by atoms with Gasteiger partial charge in [-0.05, 0) is 86.1 Å². The van der Waals surface area contributed by atoms with Crippen molar-refractivity contribution in [2.45, 2.75) is 19.8 Å². The molecule has 0 atom stereocenters. The lowest BCUT2D eigenvalue weighted by atomic mass is 9.86. The molecule has 0 saturated heterocycles. The predicted molar refractivity (Wildman–Crippen MR) is 179 cm³/mol. The third-order valence-electron chi connectivity index (χ3n) is 8.00. The number of anilines is 3. The van der Waals surface area contributed by atoms with Crippen molar-refractivity contribution < 1.29 is 0 Å². The van der Waals surface area contributed by atoms with E-state index in [-0.39, 0.29) is 0 Å². The molecule has 202 valence electrons. The number of para-hydroxylation sites is 1. The van der Waals surface area contributed by atoms with Gasteiger partial charge in [0.25, 0.3) is 0 Å². The number of hydrogen-bond acceptors (Lipinski definition) is 2. The highest BCUT2D eigenvalue weighted by atomic mass is 15.2. The Morgan fingerprint density at radius 1 is 0.429 bits per heavy atom. The van der Waals surface area contributed by atoms with Gasteiger partial charge in [-0.1, -0.05) is 129 Å². The molecular formula is C40H32N2. The van der Waals surface area contributed by atoms with Gasteiger partial charge in [0.1, 0.15) is 5.82 Å². The SMILES string of the molecule is CC(C)c1cccc(N(c2ccccc2)c2ccc(-c3c4ccccc4c(-c4ccccc4)c4ccccc34)cc2)n1. The molecule has 0 spiro atoms. The van der Waals surface area contributed by atoms with Gasteiger partial charge in [-0.2, -0.15) is 0 Å². The number of benzene rings is 6. The van der Waals surface area contributed by atoms with Crippen molar-refractivity contribution in [3.05, 3.63) is 157 Å². The summed E-state index contributed by atoms with van der Waals surface area (Å²) in [7, 11) is 0. The summed E-state index contributed by atoms with van der Waals surface area (Å²) in [5.41, 5.74) is 8.23. The first-order valence-electron chi connectivity index (χ1n) is 14.6. The summed E-state index contributed by atoms with van der Waals surface area (Å²) in [6, 6.07) is 54.1. The van der Waals surface area contributed by atoms with Crippen molar-refractivity contribution in [3.8, 4) is 22.3 Å². The largest absolute Gasteiger partial charge is 0.295 e. The quantitative estimate of drug-likeness (QED) is 0.195. The van der Waals surface area contributed by atoms with Crippen LogP contribution in [0.15, 0.2) is 152 Å². The lowest BCUT2D eigenvalue weighted by molar-refractivity contribution is 0.822. The summed E-state index contributed by atoms with van der Waals surface area (Å²) >= 11 is 0. The summed E-state index contributed by atoms with van der Waals surface area (Å²) in [5, 5.41) is 5.05. The molecule has 0 aliphatic rings. The van der Waals surface area contributed by atoms with Gasteiger partial charge in [0.15, 0.2) is 0 Å². The molecule has 1 aromatic heterocycles. The van der Waals surface area contributed by atoms with Gasteiger partial charge >= 0.3 is 0 Å². The van der Waals surface area contributed by atoms with Crippen LogP contribution in [0.2, 0.25) is 0 Å². The second-order valence-corrected chi connectivity index (χ2v) is 11.0. The molecular weight excluding hydrogens is 508 g/mol. The smallest absolute Gasteiger partial charge is 0.137 e. The first-order chi connectivity index (χ1) is 20.7. The summed E-state index contributed by atoms with van der Waals surface area (Å²) < 4.78 is 0. The number of hydrogen-bond donors (Lipinski definition) is 0. The van der Waals surface area contributed by atoms with Crippen molar-refractivity contribution in [3.63, 3.8) is 0 Å². The fourth-order valence-corrected chi connectivity index (χ4v) is 6.01. The van der Waals surface area contributed by atoms with Crippen LogP contribution in [0, 0.1) is 0 Å². The maximum Gasteiger partial charge on any atom is 0.137 e. The van der Waals surface area contributed by atoms with E-state index < -0.39 is 0 Å². The van der Waals surface area contributed by atoms with Gasteiger partial charge in [-0.25, -0.2) is 4.98 Å². The first kappa shape index (κ1) is 25.7. The molecule has 2 nitrogen and oxygen atoms in total. The Morgan fingerprint density at radius 3 is 1.40 bits per heavy atom. The zero-order valence-corrected chi connectivity index (χ0v) is 23.9. The third-order valence-corrected chi connectivity index (χ3v) is 8.00. The van der Waals surface area contributed by atoms with Crippen LogP contribution in [0.5, 0.6) is 0 Å². The van der Waals surface area contributed by atoms with Gasteiger partial charge in [0, 0.05) is 17.1 Å². The lowest BCUT2D eigenvalue weighted by Gasteiger charge is -2.25. The second-order valence-electron chi connectivity index (χ2n) is 11.0. The summed E-state index contributed by atoms with van der Waals surface area (Å²) in [6.45, 7) is 4.37. The van der Waals surface area contributed by atoms with E-state index in [1.807, 2.05) is 0 Å². The Morgan fingerprint density at radius 2 is 0.881 bits per heavy atom. The molecule has 42 heavy (non-hydrogen) atoms. The average Bonchev–Trinajstić information content (AvgIpc) is 3.05. The summed E-state index contributed by atoms with van der Waals surface area (Å²) in [6.07, 6.45) is 0. The average molecular weight is 541 g/mol. The van der Waals surface area contributed by atoms with Gasteiger partial charge in [-0.15, -0.1) is 0 Å². The van der Waals surface area contributed by atoms with Gasteiger partial charge in [0.2, 0.25) is 0 Å². The third kappa shape index (κ3) is 4.61. The summed E-state index contributed by atoms with van der Waals surface area (Å²) in [5.74, 6) is 1.27. The molecule has 0 fully saturated rings. The number of fused-ring (bicyclic) bond motifs is 2. The minimum Gasteiger partial charge on any atom is -0.295 e. The minimum absolute atomic E-state index is 0.352. The first-order valence-corrected chi connectivity index (χ1v) is 14.6. The molecule has 0 radical (unpaired) electrons. The zero-order valence-electron chi connectivity index (χ0n) is 23.9. The Balaban J connectivity index is 1.41. The minimum atomic E-state index is 0.352.